The van der Waals surface area contributed by atoms with Gasteiger partial charge in [-0.05, 0) is 42.7 Å². The lowest BCUT2D eigenvalue weighted by molar-refractivity contribution is -0.132. The Morgan fingerprint density at radius 3 is 2.89 bits per heavy atom. The third-order valence-electron chi connectivity index (χ3n) is 4.97. The summed E-state index contributed by atoms with van der Waals surface area (Å²) < 4.78 is 1.05. The number of rotatable bonds is 3. The number of nitrogens with one attached hydrogen (secondary N) is 1. The molecule has 138 valence electrons. The Kier molecular flexibility index (Phi) is 4.66. The third-order valence-corrected chi connectivity index (χ3v) is 5.91. The molecule has 1 atom stereocenters. The fraction of sp³-hybridized carbons (Fsp3) is 0.286. The summed E-state index contributed by atoms with van der Waals surface area (Å²) >= 11 is 1.61. The SMILES string of the molecule is CC(=O)N1CCc2ccccc2C1CC(=O)Nc1ccc2nc(C)sc2c1. The van der Waals surface area contributed by atoms with Gasteiger partial charge in [-0.25, -0.2) is 4.98 Å². The number of nitrogens with zero attached hydrogens (tertiary/aromatic N) is 2. The van der Waals surface area contributed by atoms with Crippen LogP contribution in [0.1, 0.15) is 35.5 Å². The molecule has 2 aromatic carbocycles. The summed E-state index contributed by atoms with van der Waals surface area (Å²) in [6, 6.07) is 13.6. The number of aromatic nitrogens is 1. The predicted molar refractivity (Wildman–Crippen MR) is 108 cm³/mol. The molecule has 0 radical (unpaired) electrons. The number of anilines is 1. The van der Waals surface area contributed by atoms with Gasteiger partial charge in [0.05, 0.1) is 27.7 Å². The van der Waals surface area contributed by atoms with Crippen LogP contribution in [-0.2, 0) is 16.0 Å². The minimum atomic E-state index is -0.221. The first-order chi connectivity index (χ1) is 13.0. The number of benzene rings is 2. The highest BCUT2D eigenvalue weighted by Crippen LogP contribution is 2.33. The number of thiazole rings is 1. The maximum Gasteiger partial charge on any atom is 0.226 e. The van der Waals surface area contributed by atoms with Crippen LogP contribution in [0.5, 0.6) is 0 Å². The lowest BCUT2D eigenvalue weighted by Gasteiger charge is -2.36. The molecule has 1 unspecified atom stereocenters. The van der Waals surface area contributed by atoms with Crippen LogP contribution in [-0.4, -0.2) is 28.2 Å². The second-order valence-electron chi connectivity index (χ2n) is 6.84. The van der Waals surface area contributed by atoms with E-state index in [1.54, 1.807) is 23.2 Å². The van der Waals surface area contributed by atoms with E-state index in [2.05, 4.69) is 16.4 Å². The number of amides is 2. The van der Waals surface area contributed by atoms with Crippen LogP contribution >= 0.6 is 11.3 Å². The van der Waals surface area contributed by atoms with Crippen LogP contribution in [0.4, 0.5) is 5.69 Å². The second-order valence-corrected chi connectivity index (χ2v) is 8.08. The van der Waals surface area contributed by atoms with E-state index in [4.69, 9.17) is 0 Å². The van der Waals surface area contributed by atoms with Crippen molar-refractivity contribution >= 4 is 39.1 Å². The molecule has 4 rings (SSSR count). The first-order valence-electron chi connectivity index (χ1n) is 9.03. The molecule has 3 aromatic rings. The lowest BCUT2D eigenvalue weighted by atomic mass is 9.90. The van der Waals surface area contributed by atoms with Gasteiger partial charge in [-0.2, -0.15) is 0 Å². The fourth-order valence-electron chi connectivity index (χ4n) is 3.75. The van der Waals surface area contributed by atoms with E-state index in [1.165, 1.54) is 5.56 Å². The molecule has 1 aliphatic rings. The molecule has 1 aromatic heterocycles. The third kappa shape index (κ3) is 3.57. The summed E-state index contributed by atoms with van der Waals surface area (Å²) in [4.78, 5) is 31.1. The average molecular weight is 379 g/mol. The van der Waals surface area contributed by atoms with E-state index in [-0.39, 0.29) is 24.3 Å². The number of aryl methyl sites for hydroxylation is 1. The van der Waals surface area contributed by atoms with Crippen LogP contribution in [0.3, 0.4) is 0 Å². The van der Waals surface area contributed by atoms with Crippen molar-refractivity contribution in [2.75, 3.05) is 11.9 Å². The molecule has 2 amide bonds. The number of hydrogen-bond donors (Lipinski definition) is 1. The van der Waals surface area contributed by atoms with Crippen molar-refractivity contribution < 1.29 is 9.59 Å². The zero-order valence-corrected chi connectivity index (χ0v) is 16.2. The number of fused-ring (bicyclic) bond motifs is 2. The molecule has 5 nitrogen and oxygen atoms in total. The Morgan fingerprint density at radius 2 is 2.07 bits per heavy atom. The minimum absolute atomic E-state index is 0.00357. The summed E-state index contributed by atoms with van der Waals surface area (Å²) in [5, 5.41) is 3.99. The van der Waals surface area contributed by atoms with E-state index < -0.39 is 0 Å². The van der Waals surface area contributed by atoms with Crippen molar-refractivity contribution in [3.63, 3.8) is 0 Å². The van der Waals surface area contributed by atoms with Crippen molar-refractivity contribution in [1.29, 1.82) is 0 Å². The van der Waals surface area contributed by atoms with E-state index in [0.717, 1.165) is 32.9 Å². The molecule has 6 heteroatoms. The highest BCUT2D eigenvalue weighted by Gasteiger charge is 2.30. The largest absolute Gasteiger partial charge is 0.335 e. The summed E-state index contributed by atoms with van der Waals surface area (Å²) in [7, 11) is 0. The van der Waals surface area contributed by atoms with Gasteiger partial charge in [-0.15, -0.1) is 11.3 Å². The van der Waals surface area contributed by atoms with Gasteiger partial charge in [0.1, 0.15) is 0 Å². The zero-order chi connectivity index (χ0) is 19.0. The lowest BCUT2D eigenvalue weighted by Crippen LogP contribution is -2.40. The molecular formula is C21H21N3O2S. The number of carbonyl (C=O) groups is 2. The Morgan fingerprint density at radius 1 is 1.26 bits per heavy atom. The van der Waals surface area contributed by atoms with Crippen LogP contribution in [0.25, 0.3) is 10.2 Å². The molecule has 0 fully saturated rings. The molecule has 0 spiro atoms. The minimum Gasteiger partial charge on any atom is -0.335 e. The van der Waals surface area contributed by atoms with Crippen molar-refractivity contribution in [1.82, 2.24) is 9.88 Å². The number of hydrogen-bond acceptors (Lipinski definition) is 4. The van der Waals surface area contributed by atoms with Gasteiger partial charge in [0, 0.05) is 19.2 Å². The van der Waals surface area contributed by atoms with E-state index >= 15 is 0 Å². The topological polar surface area (TPSA) is 62.3 Å². The maximum absolute atomic E-state index is 12.7. The smallest absolute Gasteiger partial charge is 0.226 e. The molecule has 0 bridgehead atoms. The molecule has 1 aliphatic heterocycles. The van der Waals surface area contributed by atoms with Crippen LogP contribution in [0, 0.1) is 6.92 Å². The fourth-order valence-corrected chi connectivity index (χ4v) is 4.62. The van der Waals surface area contributed by atoms with Gasteiger partial charge in [0.15, 0.2) is 0 Å². The highest BCUT2D eigenvalue weighted by atomic mass is 32.1. The predicted octanol–water partition coefficient (Wildman–Crippen LogP) is 4.08. The summed E-state index contributed by atoms with van der Waals surface area (Å²) in [5.41, 5.74) is 3.99. The Labute approximate surface area is 162 Å². The number of carbonyl (C=O) groups excluding carboxylic acids is 2. The molecular weight excluding hydrogens is 358 g/mol. The molecule has 2 heterocycles. The van der Waals surface area contributed by atoms with Crippen molar-refractivity contribution in [3.8, 4) is 0 Å². The highest BCUT2D eigenvalue weighted by molar-refractivity contribution is 7.18. The first-order valence-corrected chi connectivity index (χ1v) is 9.85. The zero-order valence-electron chi connectivity index (χ0n) is 15.4. The van der Waals surface area contributed by atoms with Crippen LogP contribution in [0.15, 0.2) is 42.5 Å². The summed E-state index contributed by atoms with van der Waals surface area (Å²) in [5.74, 6) is -0.0904. The Bertz CT molecular complexity index is 1030. The van der Waals surface area contributed by atoms with E-state index in [1.807, 2.05) is 43.3 Å². The first kappa shape index (κ1) is 17.7. The second kappa shape index (κ2) is 7.12. The van der Waals surface area contributed by atoms with E-state index in [0.29, 0.717) is 6.54 Å². The van der Waals surface area contributed by atoms with Gasteiger partial charge in [-0.3, -0.25) is 9.59 Å². The van der Waals surface area contributed by atoms with Crippen molar-refractivity contribution in [3.05, 3.63) is 58.6 Å². The van der Waals surface area contributed by atoms with Crippen LogP contribution < -0.4 is 5.32 Å². The molecule has 1 N–H and O–H groups in total. The summed E-state index contributed by atoms with van der Waals surface area (Å²) in [6.45, 7) is 4.19. The Hall–Kier alpha value is -2.73. The molecule has 0 aliphatic carbocycles. The molecule has 0 saturated heterocycles. The monoisotopic (exact) mass is 379 g/mol. The van der Waals surface area contributed by atoms with E-state index in [9.17, 15) is 9.59 Å². The summed E-state index contributed by atoms with van der Waals surface area (Å²) in [6.07, 6.45) is 1.08. The molecule has 27 heavy (non-hydrogen) atoms. The van der Waals surface area contributed by atoms with Gasteiger partial charge in [0.25, 0.3) is 0 Å². The molecule has 0 saturated carbocycles. The van der Waals surface area contributed by atoms with Crippen molar-refractivity contribution in [2.45, 2.75) is 32.7 Å². The quantitative estimate of drug-likeness (QED) is 0.746. The standard InChI is InChI=1S/C21H21N3O2S/c1-13-22-18-8-7-16(11-20(18)27-13)23-21(26)12-19-17-6-4-3-5-15(17)9-10-24(19)14(2)25/h3-8,11,19H,9-10,12H2,1-2H3,(H,23,26). The van der Waals surface area contributed by atoms with Crippen molar-refractivity contribution in [2.24, 2.45) is 0 Å². The van der Waals surface area contributed by atoms with Gasteiger partial charge >= 0.3 is 0 Å². The van der Waals surface area contributed by atoms with Gasteiger partial charge in [-0.1, -0.05) is 24.3 Å². The normalized spacial score (nSPS) is 16.2. The average Bonchev–Trinajstić information content (AvgIpc) is 3.01. The Balaban J connectivity index is 1.55. The van der Waals surface area contributed by atoms with Gasteiger partial charge in [0.2, 0.25) is 11.8 Å². The van der Waals surface area contributed by atoms with Gasteiger partial charge < -0.3 is 10.2 Å². The maximum atomic E-state index is 12.7. The van der Waals surface area contributed by atoms with Crippen LogP contribution in [0.2, 0.25) is 0 Å².